The first kappa shape index (κ1) is 14.1. The summed E-state index contributed by atoms with van der Waals surface area (Å²) in [5.41, 5.74) is 1.58. The van der Waals surface area contributed by atoms with Crippen LogP contribution in [-0.4, -0.2) is 40.2 Å². The lowest BCUT2D eigenvalue weighted by molar-refractivity contribution is 0.0706. The van der Waals surface area contributed by atoms with Crippen molar-refractivity contribution < 1.29 is 9.59 Å². The fourth-order valence-corrected chi connectivity index (χ4v) is 2.44. The van der Waals surface area contributed by atoms with Crippen LogP contribution in [0.3, 0.4) is 0 Å². The van der Waals surface area contributed by atoms with Crippen LogP contribution in [-0.2, 0) is 13.1 Å². The molecule has 0 fully saturated rings. The van der Waals surface area contributed by atoms with Gasteiger partial charge >= 0.3 is 6.03 Å². The van der Waals surface area contributed by atoms with Gasteiger partial charge in [0.15, 0.2) is 5.82 Å². The summed E-state index contributed by atoms with van der Waals surface area (Å²) in [7, 11) is 1.55. The molecule has 0 unspecified atom stereocenters. The number of hydrogen-bond acceptors (Lipinski definition) is 3. The maximum Gasteiger partial charge on any atom is 0.320 e. The summed E-state index contributed by atoms with van der Waals surface area (Å²) in [6.07, 6.45) is 0. The summed E-state index contributed by atoms with van der Waals surface area (Å²) in [6, 6.07) is 10.7. The SMILES string of the molecule is CNC(=O)Nc1cc2n(n1)CCN(C(=O)c1ccccc1)C2. The van der Waals surface area contributed by atoms with E-state index < -0.39 is 0 Å². The Balaban J connectivity index is 1.74. The minimum absolute atomic E-state index is 0.00820. The third-order valence-corrected chi connectivity index (χ3v) is 3.57. The van der Waals surface area contributed by atoms with Crippen molar-refractivity contribution in [1.29, 1.82) is 0 Å². The Labute approximate surface area is 127 Å². The molecule has 2 heterocycles. The van der Waals surface area contributed by atoms with E-state index in [2.05, 4.69) is 15.7 Å². The van der Waals surface area contributed by atoms with Gasteiger partial charge < -0.3 is 10.2 Å². The van der Waals surface area contributed by atoms with Crippen molar-refractivity contribution in [3.8, 4) is 0 Å². The predicted octanol–water partition coefficient (Wildman–Crippen LogP) is 1.29. The van der Waals surface area contributed by atoms with Crippen LogP contribution in [0.1, 0.15) is 16.1 Å². The molecule has 0 bridgehead atoms. The second-order valence-corrected chi connectivity index (χ2v) is 5.04. The Morgan fingerprint density at radius 2 is 1.95 bits per heavy atom. The van der Waals surface area contributed by atoms with E-state index in [4.69, 9.17) is 0 Å². The minimum Gasteiger partial charge on any atom is -0.341 e. The molecule has 7 heteroatoms. The fraction of sp³-hybridized carbons (Fsp3) is 0.267. The maximum atomic E-state index is 12.5. The molecule has 2 aromatic rings. The Morgan fingerprint density at radius 3 is 2.68 bits per heavy atom. The van der Waals surface area contributed by atoms with Crippen LogP contribution >= 0.6 is 0 Å². The summed E-state index contributed by atoms with van der Waals surface area (Å²) < 4.78 is 1.82. The van der Waals surface area contributed by atoms with Crippen molar-refractivity contribution >= 4 is 17.8 Å². The molecule has 3 rings (SSSR count). The van der Waals surface area contributed by atoms with Gasteiger partial charge in [-0.15, -0.1) is 0 Å². The smallest absolute Gasteiger partial charge is 0.320 e. The summed E-state index contributed by atoms with van der Waals surface area (Å²) in [4.78, 5) is 25.6. The number of nitrogens with zero attached hydrogens (tertiary/aromatic N) is 3. The van der Waals surface area contributed by atoms with Gasteiger partial charge in [0.2, 0.25) is 0 Å². The Kier molecular flexibility index (Phi) is 3.78. The van der Waals surface area contributed by atoms with Gasteiger partial charge in [-0.2, -0.15) is 5.10 Å². The second kappa shape index (κ2) is 5.88. The zero-order valence-corrected chi connectivity index (χ0v) is 12.2. The number of urea groups is 1. The van der Waals surface area contributed by atoms with Gasteiger partial charge in [-0.05, 0) is 12.1 Å². The second-order valence-electron chi connectivity index (χ2n) is 5.04. The number of rotatable bonds is 2. The molecule has 1 aliphatic heterocycles. The molecular weight excluding hydrogens is 282 g/mol. The van der Waals surface area contributed by atoms with Gasteiger partial charge in [-0.1, -0.05) is 18.2 Å². The van der Waals surface area contributed by atoms with Crippen LogP contribution in [0.4, 0.5) is 10.6 Å². The number of anilines is 1. The highest BCUT2D eigenvalue weighted by Gasteiger charge is 2.23. The number of fused-ring (bicyclic) bond motifs is 1. The molecule has 114 valence electrons. The first-order valence-corrected chi connectivity index (χ1v) is 7.07. The van der Waals surface area contributed by atoms with Crippen LogP contribution in [0.15, 0.2) is 36.4 Å². The number of nitrogens with one attached hydrogen (secondary N) is 2. The zero-order chi connectivity index (χ0) is 15.5. The first-order chi connectivity index (χ1) is 10.7. The van der Waals surface area contributed by atoms with E-state index in [0.717, 1.165) is 5.69 Å². The molecule has 1 aliphatic rings. The van der Waals surface area contributed by atoms with E-state index >= 15 is 0 Å². The van der Waals surface area contributed by atoms with E-state index in [1.807, 2.05) is 35.0 Å². The number of benzene rings is 1. The molecule has 0 saturated carbocycles. The summed E-state index contributed by atoms with van der Waals surface area (Å²) >= 11 is 0. The van der Waals surface area contributed by atoms with Gasteiger partial charge in [-0.25, -0.2) is 4.79 Å². The van der Waals surface area contributed by atoms with Crippen molar-refractivity contribution in [2.24, 2.45) is 0 Å². The molecule has 0 atom stereocenters. The van der Waals surface area contributed by atoms with E-state index in [-0.39, 0.29) is 11.9 Å². The zero-order valence-electron chi connectivity index (χ0n) is 12.2. The Morgan fingerprint density at radius 1 is 1.18 bits per heavy atom. The number of carbonyl (C=O) groups is 2. The normalized spacial score (nSPS) is 13.4. The molecule has 0 saturated heterocycles. The average Bonchev–Trinajstić information content (AvgIpc) is 2.96. The highest BCUT2D eigenvalue weighted by Crippen LogP contribution is 2.18. The molecule has 1 aromatic heterocycles. The largest absolute Gasteiger partial charge is 0.341 e. The van der Waals surface area contributed by atoms with Crippen molar-refractivity contribution in [2.45, 2.75) is 13.1 Å². The lowest BCUT2D eigenvalue weighted by Gasteiger charge is -2.27. The quantitative estimate of drug-likeness (QED) is 0.877. The average molecular weight is 299 g/mol. The number of hydrogen-bond donors (Lipinski definition) is 2. The van der Waals surface area contributed by atoms with E-state index in [9.17, 15) is 9.59 Å². The summed E-state index contributed by atoms with van der Waals surface area (Å²) in [6.45, 7) is 1.70. The molecule has 7 nitrogen and oxygen atoms in total. The standard InChI is InChI=1S/C15H17N5O2/c1-16-15(22)17-13-9-12-10-19(7-8-20(12)18-13)14(21)11-5-3-2-4-6-11/h2-6,9H,7-8,10H2,1H3,(H2,16,17,18,22). The lowest BCUT2D eigenvalue weighted by Crippen LogP contribution is -2.38. The number of carbonyl (C=O) groups excluding carboxylic acids is 2. The highest BCUT2D eigenvalue weighted by molar-refractivity contribution is 5.94. The van der Waals surface area contributed by atoms with E-state index in [1.165, 1.54) is 0 Å². The maximum absolute atomic E-state index is 12.5. The highest BCUT2D eigenvalue weighted by atomic mass is 16.2. The van der Waals surface area contributed by atoms with Gasteiger partial charge in [0.25, 0.3) is 5.91 Å². The van der Waals surface area contributed by atoms with Crippen LogP contribution < -0.4 is 10.6 Å². The molecule has 0 spiro atoms. The Bertz CT molecular complexity index is 695. The first-order valence-electron chi connectivity index (χ1n) is 7.07. The summed E-state index contributed by atoms with van der Waals surface area (Å²) in [5, 5.41) is 9.43. The molecule has 22 heavy (non-hydrogen) atoms. The van der Waals surface area contributed by atoms with E-state index in [1.54, 1.807) is 18.0 Å². The van der Waals surface area contributed by atoms with Crippen LogP contribution in [0, 0.1) is 0 Å². The topological polar surface area (TPSA) is 79.3 Å². The third kappa shape index (κ3) is 2.78. The predicted molar refractivity (Wildman–Crippen MR) is 81.5 cm³/mol. The number of aromatic nitrogens is 2. The van der Waals surface area contributed by atoms with Gasteiger partial charge in [0, 0.05) is 25.2 Å². The minimum atomic E-state index is -0.312. The third-order valence-electron chi connectivity index (χ3n) is 3.57. The van der Waals surface area contributed by atoms with Crippen LogP contribution in [0.25, 0.3) is 0 Å². The molecule has 2 N–H and O–H groups in total. The lowest BCUT2D eigenvalue weighted by atomic mass is 10.2. The van der Waals surface area contributed by atoms with Crippen LogP contribution in [0.5, 0.6) is 0 Å². The van der Waals surface area contributed by atoms with Gasteiger partial charge in [-0.3, -0.25) is 14.8 Å². The molecule has 0 aliphatic carbocycles. The molecule has 3 amide bonds. The molecule has 0 radical (unpaired) electrons. The van der Waals surface area contributed by atoms with Crippen molar-refractivity contribution in [3.05, 3.63) is 47.7 Å². The van der Waals surface area contributed by atoms with Crippen LogP contribution in [0.2, 0.25) is 0 Å². The number of amides is 3. The monoisotopic (exact) mass is 299 g/mol. The van der Waals surface area contributed by atoms with E-state index in [0.29, 0.717) is 31.0 Å². The fourth-order valence-electron chi connectivity index (χ4n) is 2.44. The molecule has 1 aromatic carbocycles. The van der Waals surface area contributed by atoms with Gasteiger partial charge in [0.1, 0.15) is 0 Å². The van der Waals surface area contributed by atoms with Gasteiger partial charge in [0.05, 0.1) is 18.8 Å². The van der Waals surface area contributed by atoms with Crippen molar-refractivity contribution in [3.63, 3.8) is 0 Å². The van der Waals surface area contributed by atoms with Crippen molar-refractivity contribution in [2.75, 3.05) is 18.9 Å². The Hall–Kier alpha value is -2.83. The molecular formula is C15H17N5O2. The van der Waals surface area contributed by atoms with Crippen molar-refractivity contribution in [1.82, 2.24) is 20.0 Å². The summed E-state index contributed by atoms with van der Waals surface area (Å²) in [5.74, 6) is 0.497.